The smallest absolute Gasteiger partial charge is 0.227 e. The van der Waals surface area contributed by atoms with Crippen molar-refractivity contribution >= 4 is 22.6 Å². The van der Waals surface area contributed by atoms with E-state index in [2.05, 4.69) is 80.8 Å². The van der Waals surface area contributed by atoms with Gasteiger partial charge in [0.2, 0.25) is 5.91 Å². The summed E-state index contributed by atoms with van der Waals surface area (Å²) in [5.41, 5.74) is 7.77. The molecule has 5 nitrogen and oxygen atoms in total. The Morgan fingerprint density at radius 3 is 2.51 bits per heavy atom. The second kappa shape index (κ2) is 9.57. The molecule has 0 N–H and O–H groups in total. The van der Waals surface area contributed by atoms with Crippen molar-refractivity contribution in [2.24, 2.45) is 0 Å². The minimum atomic E-state index is 0.0637. The lowest BCUT2D eigenvalue weighted by atomic mass is 10.1. The van der Waals surface area contributed by atoms with Gasteiger partial charge in [0.15, 0.2) is 0 Å². The highest BCUT2D eigenvalue weighted by Gasteiger charge is 2.35. The van der Waals surface area contributed by atoms with Crippen LogP contribution >= 0.6 is 0 Å². The van der Waals surface area contributed by atoms with Crippen LogP contribution in [-0.4, -0.2) is 28.6 Å². The van der Waals surface area contributed by atoms with Crippen LogP contribution in [0.2, 0.25) is 0 Å². The molecule has 35 heavy (non-hydrogen) atoms. The van der Waals surface area contributed by atoms with Gasteiger partial charge in [-0.25, -0.2) is 4.98 Å². The number of carbonyl (C=O) groups is 1. The molecule has 3 aromatic carbocycles. The monoisotopic (exact) mass is 467 g/mol. The number of hydrogen-bond donors (Lipinski definition) is 0. The van der Waals surface area contributed by atoms with Gasteiger partial charge in [0.1, 0.15) is 11.6 Å². The summed E-state index contributed by atoms with van der Waals surface area (Å²) < 4.78 is 8.42. The molecular weight excluding hydrogens is 434 g/mol. The number of imidazole rings is 1. The number of hydrogen-bond acceptors (Lipinski definition) is 3. The van der Waals surface area contributed by atoms with E-state index in [1.807, 2.05) is 17.0 Å². The number of rotatable bonds is 7. The molecule has 2 heterocycles. The van der Waals surface area contributed by atoms with Crippen molar-refractivity contribution in [3.8, 4) is 5.75 Å². The van der Waals surface area contributed by atoms with Gasteiger partial charge in [-0.05, 0) is 74.6 Å². The predicted molar refractivity (Wildman–Crippen MR) is 141 cm³/mol. The molecule has 0 radical (unpaired) electrons. The second-order valence-electron chi connectivity index (χ2n) is 9.73. The lowest BCUT2D eigenvalue weighted by Crippen LogP contribution is -2.26. The van der Waals surface area contributed by atoms with Gasteiger partial charge in [0.25, 0.3) is 0 Å². The largest absolute Gasteiger partial charge is 0.493 e. The maximum absolute atomic E-state index is 13.1. The minimum absolute atomic E-state index is 0.0637. The molecule has 1 amide bonds. The van der Waals surface area contributed by atoms with Gasteiger partial charge in [-0.3, -0.25) is 4.79 Å². The van der Waals surface area contributed by atoms with Gasteiger partial charge >= 0.3 is 0 Å². The Morgan fingerprint density at radius 2 is 1.71 bits per heavy atom. The average Bonchev–Trinajstić information content (AvgIpc) is 3.39. The molecule has 1 aliphatic heterocycles. The van der Waals surface area contributed by atoms with E-state index in [0.717, 1.165) is 58.0 Å². The van der Waals surface area contributed by atoms with Gasteiger partial charge < -0.3 is 14.2 Å². The summed E-state index contributed by atoms with van der Waals surface area (Å²) in [5.74, 6) is 2.18. The van der Waals surface area contributed by atoms with Crippen molar-refractivity contribution in [1.29, 1.82) is 0 Å². The van der Waals surface area contributed by atoms with Crippen molar-refractivity contribution in [2.45, 2.75) is 53.0 Å². The Morgan fingerprint density at radius 1 is 0.943 bits per heavy atom. The Balaban J connectivity index is 1.37. The molecular formula is C30H33N3O2. The molecule has 0 bridgehead atoms. The van der Waals surface area contributed by atoms with Crippen LogP contribution in [0.3, 0.4) is 0 Å². The normalized spacial score (nSPS) is 15.8. The van der Waals surface area contributed by atoms with Crippen LogP contribution in [0.4, 0.5) is 5.69 Å². The number of anilines is 1. The molecule has 1 unspecified atom stereocenters. The lowest BCUT2D eigenvalue weighted by Gasteiger charge is -2.21. The van der Waals surface area contributed by atoms with E-state index >= 15 is 0 Å². The quantitative estimate of drug-likeness (QED) is 0.301. The van der Waals surface area contributed by atoms with Crippen LogP contribution in [0.1, 0.15) is 46.8 Å². The van der Waals surface area contributed by atoms with E-state index in [0.29, 0.717) is 19.6 Å². The van der Waals surface area contributed by atoms with Crippen LogP contribution in [0.15, 0.2) is 60.7 Å². The third kappa shape index (κ3) is 4.55. The molecule has 1 aromatic heterocycles. The summed E-state index contributed by atoms with van der Waals surface area (Å²) in [6, 6.07) is 20.8. The first-order chi connectivity index (χ1) is 16.9. The number of benzene rings is 3. The minimum Gasteiger partial charge on any atom is -0.493 e. The van der Waals surface area contributed by atoms with Crippen molar-refractivity contribution in [2.75, 3.05) is 18.1 Å². The average molecular weight is 468 g/mol. The van der Waals surface area contributed by atoms with Crippen LogP contribution in [0, 0.1) is 27.7 Å². The van der Waals surface area contributed by atoms with Crippen LogP contribution < -0.4 is 9.64 Å². The van der Waals surface area contributed by atoms with Crippen molar-refractivity contribution in [3.05, 3.63) is 88.7 Å². The number of fused-ring (bicyclic) bond motifs is 1. The fraction of sp³-hybridized carbons (Fsp3) is 0.333. The SMILES string of the molecule is Cc1ccc(C)c(OCCCn2c(C3CC(=O)N(c4c(C)cccc4C)C3)nc3ccccc32)c1. The van der Waals surface area contributed by atoms with Crippen molar-refractivity contribution < 1.29 is 9.53 Å². The summed E-state index contributed by atoms with van der Waals surface area (Å²) in [6.45, 7) is 10.4. The van der Waals surface area contributed by atoms with Crippen LogP contribution in [-0.2, 0) is 11.3 Å². The number of ether oxygens (including phenoxy) is 1. The van der Waals surface area contributed by atoms with Crippen molar-refractivity contribution in [1.82, 2.24) is 9.55 Å². The molecule has 1 aliphatic rings. The Kier molecular flexibility index (Phi) is 6.33. The van der Waals surface area contributed by atoms with E-state index in [1.165, 1.54) is 5.56 Å². The van der Waals surface area contributed by atoms with E-state index in [1.54, 1.807) is 0 Å². The molecule has 1 atom stereocenters. The maximum Gasteiger partial charge on any atom is 0.227 e. The Hall–Kier alpha value is -3.60. The highest BCUT2D eigenvalue weighted by Crippen LogP contribution is 2.36. The lowest BCUT2D eigenvalue weighted by molar-refractivity contribution is -0.117. The second-order valence-corrected chi connectivity index (χ2v) is 9.73. The van der Waals surface area contributed by atoms with Gasteiger partial charge in [-0.1, -0.05) is 42.5 Å². The molecule has 1 fully saturated rings. The first-order valence-electron chi connectivity index (χ1n) is 12.4. The number of aryl methyl sites for hydroxylation is 5. The molecule has 180 valence electrons. The molecule has 1 saturated heterocycles. The summed E-state index contributed by atoms with van der Waals surface area (Å²) in [6.07, 6.45) is 1.35. The van der Waals surface area contributed by atoms with E-state index in [9.17, 15) is 4.79 Å². The first kappa shape index (κ1) is 23.2. The molecule has 0 saturated carbocycles. The number of amides is 1. The summed E-state index contributed by atoms with van der Waals surface area (Å²) in [4.78, 5) is 20.1. The molecule has 4 aromatic rings. The van der Waals surface area contributed by atoms with Crippen LogP contribution in [0.5, 0.6) is 5.75 Å². The van der Waals surface area contributed by atoms with Gasteiger partial charge in [-0.2, -0.15) is 0 Å². The van der Waals surface area contributed by atoms with Gasteiger partial charge in [-0.15, -0.1) is 0 Å². The zero-order valence-electron chi connectivity index (χ0n) is 21.0. The summed E-state index contributed by atoms with van der Waals surface area (Å²) in [5, 5.41) is 0. The Bertz CT molecular complexity index is 1370. The number of aromatic nitrogens is 2. The molecule has 0 spiro atoms. The third-order valence-corrected chi connectivity index (χ3v) is 7.01. The summed E-state index contributed by atoms with van der Waals surface area (Å²) >= 11 is 0. The fourth-order valence-corrected chi connectivity index (χ4v) is 5.24. The maximum atomic E-state index is 13.1. The molecule has 5 heteroatoms. The third-order valence-electron chi connectivity index (χ3n) is 7.01. The van der Waals surface area contributed by atoms with E-state index < -0.39 is 0 Å². The van der Waals surface area contributed by atoms with Crippen molar-refractivity contribution in [3.63, 3.8) is 0 Å². The van der Waals surface area contributed by atoms with E-state index in [4.69, 9.17) is 9.72 Å². The zero-order valence-corrected chi connectivity index (χ0v) is 21.0. The number of carbonyl (C=O) groups excluding carboxylic acids is 1. The van der Waals surface area contributed by atoms with Gasteiger partial charge in [0.05, 0.1) is 17.6 Å². The summed E-state index contributed by atoms with van der Waals surface area (Å²) in [7, 11) is 0. The number of nitrogens with zero attached hydrogens (tertiary/aromatic N) is 3. The van der Waals surface area contributed by atoms with Gasteiger partial charge in [0, 0.05) is 31.1 Å². The molecule has 5 rings (SSSR count). The highest BCUT2D eigenvalue weighted by molar-refractivity contribution is 5.98. The first-order valence-corrected chi connectivity index (χ1v) is 12.4. The van der Waals surface area contributed by atoms with E-state index in [-0.39, 0.29) is 11.8 Å². The predicted octanol–water partition coefficient (Wildman–Crippen LogP) is 6.26. The zero-order chi connectivity index (χ0) is 24.5. The topological polar surface area (TPSA) is 47.4 Å². The Labute approximate surface area is 207 Å². The standard InChI is InChI=1S/C30H33N3O2/c1-20-13-14-21(2)27(17-20)35-16-8-15-32-26-12-6-5-11-25(26)31-30(32)24-18-28(34)33(19-24)29-22(3)9-7-10-23(29)4/h5-7,9-14,17,24H,8,15-16,18-19H2,1-4H3. The number of para-hydroxylation sites is 3. The fourth-order valence-electron chi connectivity index (χ4n) is 5.24. The highest BCUT2D eigenvalue weighted by atomic mass is 16.5. The van der Waals surface area contributed by atoms with Crippen LogP contribution in [0.25, 0.3) is 11.0 Å². The molecule has 0 aliphatic carbocycles.